The van der Waals surface area contributed by atoms with Crippen molar-refractivity contribution in [3.8, 4) is 17.2 Å². The van der Waals surface area contributed by atoms with Crippen molar-refractivity contribution in [3.05, 3.63) is 84.4 Å². The molecule has 0 amide bonds. The van der Waals surface area contributed by atoms with Gasteiger partial charge in [0.05, 0.1) is 5.69 Å². The Balaban J connectivity index is 1.73. The first-order valence-electron chi connectivity index (χ1n) is 8.64. The SMILES string of the molecule is CC(C)(C)Oc1cccc(C=Nc2cccc(Oc3ccccc3)c2)c1. The number of hydrogen-bond acceptors (Lipinski definition) is 3. The second kappa shape index (κ2) is 7.87. The van der Waals surface area contributed by atoms with E-state index in [-0.39, 0.29) is 5.60 Å². The molecule has 0 radical (unpaired) electrons. The van der Waals surface area contributed by atoms with Crippen molar-refractivity contribution >= 4 is 11.9 Å². The summed E-state index contributed by atoms with van der Waals surface area (Å²) in [5.74, 6) is 2.40. The van der Waals surface area contributed by atoms with Gasteiger partial charge in [-0.2, -0.15) is 0 Å². The molecule has 26 heavy (non-hydrogen) atoms. The summed E-state index contributed by atoms with van der Waals surface area (Å²) in [6, 6.07) is 25.3. The standard InChI is InChI=1S/C23H23NO2/c1-23(2,3)26-22-14-7-9-18(15-22)17-24-19-10-8-13-21(16-19)25-20-11-5-4-6-12-20/h4-17H,1-3H3. The van der Waals surface area contributed by atoms with E-state index in [0.717, 1.165) is 28.5 Å². The lowest BCUT2D eigenvalue weighted by atomic mass is 10.1. The number of para-hydroxylation sites is 1. The first kappa shape index (κ1) is 17.7. The predicted molar refractivity (Wildman–Crippen MR) is 107 cm³/mol. The molecular weight excluding hydrogens is 322 g/mol. The summed E-state index contributed by atoms with van der Waals surface area (Å²) in [7, 11) is 0. The number of benzene rings is 3. The third-order valence-electron chi connectivity index (χ3n) is 3.44. The zero-order valence-electron chi connectivity index (χ0n) is 15.3. The highest BCUT2D eigenvalue weighted by molar-refractivity contribution is 5.82. The highest BCUT2D eigenvalue weighted by Crippen LogP contribution is 2.25. The summed E-state index contributed by atoms with van der Waals surface area (Å²) in [5.41, 5.74) is 1.60. The van der Waals surface area contributed by atoms with Crippen LogP contribution in [0.5, 0.6) is 17.2 Å². The summed E-state index contributed by atoms with van der Waals surface area (Å²) < 4.78 is 11.7. The minimum atomic E-state index is -0.223. The summed E-state index contributed by atoms with van der Waals surface area (Å²) >= 11 is 0. The van der Waals surface area contributed by atoms with Crippen LogP contribution in [-0.4, -0.2) is 11.8 Å². The van der Waals surface area contributed by atoms with Crippen LogP contribution in [0.4, 0.5) is 5.69 Å². The third kappa shape index (κ3) is 5.49. The van der Waals surface area contributed by atoms with E-state index in [1.54, 1.807) is 0 Å². The van der Waals surface area contributed by atoms with Gasteiger partial charge in [0.15, 0.2) is 0 Å². The van der Waals surface area contributed by atoms with Crippen LogP contribution in [0.2, 0.25) is 0 Å². The van der Waals surface area contributed by atoms with Crippen LogP contribution in [0, 0.1) is 0 Å². The molecule has 3 rings (SSSR count). The number of hydrogen-bond donors (Lipinski definition) is 0. The molecule has 0 bridgehead atoms. The topological polar surface area (TPSA) is 30.8 Å². The van der Waals surface area contributed by atoms with Gasteiger partial charge in [0.1, 0.15) is 22.8 Å². The Morgan fingerprint density at radius 1 is 0.731 bits per heavy atom. The van der Waals surface area contributed by atoms with E-state index in [0.29, 0.717) is 0 Å². The molecule has 0 atom stereocenters. The molecule has 0 saturated heterocycles. The number of ether oxygens (including phenoxy) is 2. The Labute approximate surface area is 154 Å². The van der Waals surface area contributed by atoms with Gasteiger partial charge in [-0.05, 0) is 62.7 Å². The lowest BCUT2D eigenvalue weighted by molar-refractivity contribution is 0.131. The summed E-state index contributed by atoms with van der Waals surface area (Å²) in [6.45, 7) is 6.10. The zero-order valence-corrected chi connectivity index (χ0v) is 15.3. The van der Waals surface area contributed by atoms with Crippen molar-refractivity contribution in [1.29, 1.82) is 0 Å². The highest BCUT2D eigenvalue weighted by Gasteiger charge is 2.11. The van der Waals surface area contributed by atoms with Gasteiger partial charge in [0.2, 0.25) is 0 Å². The third-order valence-corrected chi connectivity index (χ3v) is 3.44. The zero-order chi connectivity index (χ0) is 18.4. The Bertz CT molecular complexity index is 880. The van der Waals surface area contributed by atoms with E-state index < -0.39 is 0 Å². The minimum absolute atomic E-state index is 0.223. The maximum atomic E-state index is 5.90. The maximum absolute atomic E-state index is 5.90. The highest BCUT2D eigenvalue weighted by atomic mass is 16.5. The molecule has 0 unspecified atom stereocenters. The second-order valence-corrected chi connectivity index (χ2v) is 6.96. The first-order valence-corrected chi connectivity index (χ1v) is 8.64. The van der Waals surface area contributed by atoms with Gasteiger partial charge in [0.25, 0.3) is 0 Å². The van der Waals surface area contributed by atoms with Crippen LogP contribution >= 0.6 is 0 Å². The van der Waals surface area contributed by atoms with E-state index in [1.165, 1.54) is 0 Å². The van der Waals surface area contributed by atoms with Crippen LogP contribution in [-0.2, 0) is 0 Å². The largest absolute Gasteiger partial charge is 0.488 e. The van der Waals surface area contributed by atoms with Gasteiger partial charge >= 0.3 is 0 Å². The smallest absolute Gasteiger partial charge is 0.129 e. The van der Waals surface area contributed by atoms with Gasteiger partial charge in [-0.15, -0.1) is 0 Å². The van der Waals surface area contributed by atoms with E-state index >= 15 is 0 Å². The Hall–Kier alpha value is -3.07. The monoisotopic (exact) mass is 345 g/mol. The molecule has 0 aliphatic rings. The van der Waals surface area contributed by atoms with Crippen molar-refractivity contribution in [2.45, 2.75) is 26.4 Å². The van der Waals surface area contributed by atoms with E-state index in [4.69, 9.17) is 9.47 Å². The summed E-state index contributed by atoms with van der Waals surface area (Å²) in [4.78, 5) is 4.56. The molecule has 3 aromatic rings. The molecule has 0 N–H and O–H groups in total. The Morgan fingerprint density at radius 2 is 1.42 bits per heavy atom. The normalized spacial score (nSPS) is 11.5. The fourth-order valence-electron chi connectivity index (χ4n) is 2.41. The molecule has 0 fully saturated rings. The lowest BCUT2D eigenvalue weighted by Gasteiger charge is -2.21. The fourth-order valence-corrected chi connectivity index (χ4v) is 2.41. The van der Waals surface area contributed by atoms with Gasteiger partial charge in [-0.3, -0.25) is 4.99 Å². The van der Waals surface area contributed by atoms with Crippen molar-refractivity contribution in [2.75, 3.05) is 0 Å². The van der Waals surface area contributed by atoms with Crippen LogP contribution in [0.1, 0.15) is 26.3 Å². The molecule has 0 spiro atoms. The average molecular weight is 345 g/mol. The molecule has 0 aromatic heterocycles. The van der Waals surface area contributed by atoms with Crippen LogP contribution < -0.4 is 9.47 Å². The van der Waals surface area contributed by atoms with Gasteiger partial charge < -0.3 is 9.47 Å². The molecule has 3 aromatic carbocycles. The van der Waals surface area contributed by atoms with E-state index in [1.807, 2.05) is 106 Å². The van der Waals surface area contributed by atoms with Crippen LogP contribution in [0.25, 0.3) is 0 Å². The van der Waals surface area contributed by atoms with Crippen molar-refractivity contribution in [1.82, 2.24) is 0 Å². The van der Waals surface area contributed by atoms with Crippen molar-refractivity contribution in [2.24, 2.45) is 4.99 Å². The first-order chi connectivity index (χ1) is 12.5. The van der Waals surface area contributed by atoms with Gasteiger partial charge in [-0.1, -0.05) is 36.4 Å². The molecule has 0 heterocycles. The number of nitrogens with zero attached hydrogens (tertiary/aromatic N) is 1. The Morgan fingerprint density at radius 3 is 2.19 bits per heavy atom. The quantitative estimate of drug-likeness (QED) is 0.500. The van der Waals surface area contributed by atoms with Crippen LogP contribution in [0.15, 0.2) is 83.9 Å². The number of rotatable bonds is 5. The van der Waals surface area contributed by atoms with E-state index in [9.17, 15) is 0 Å². The summed E-state index contributed by atoms with van der Waals surface area (Å²) in [5, 5.41) is 0. The van der Waals surface area contributed by atoms with Gasteiger partial charge in [-0.25, -0.2) is 0 Å². The Kier molecular flexibility index (Phi) is 5.37. The van der Waals surface area contributed by atoms with Crippen molar-refractivity contribution in [3.63, 3.8) is 0 Å². The van der Waals surface area contributed by atoms with Crippen LogP contribution in [0.3, 0.4) is 0 Å². The second-order valence-electron chi connectivity index (χ2n) is 6.96. The fraction of sp³-hybridized carbons (Fsp3) is 0.174. The van der Waals surface area contributed by atoms with Crippen molar-refractivity contribution < 1.29 is 9.47 Å². The molecular formula is C23H23NO2. The van der Waals surface area contributed by atoms with Gasteiger partial charge in [0, 0.05) is 12.3 Å². The number of aliphatic imine (C=N–C) groups is 1. The lowest BCUT2D eigenvalue weighted by Crippen LogP contribution is -2.22. The predicted octanol–water partition coefficient (Wildman–Crippen LogP) is 6.41. The molecule has 3 heteroatoms. The maximum Gasteiger partial charge on any atom is 0.129 e. The molecule has 0 saturated carbocycles. The summed E-state index contributed by atoms with van der Waals surface area (Å²) in [6.07, 6.45) is 1.83. The molecule has 0 aliphatic heterocycles. The molecule has 132 valence electrons. The van der Waals surface area contributed by atoms with E-state index in [2.05, 4.69) is 4.99 Å². The average Bonchev–Trinajstić information content (AvgIpc) is 2.60. The minimum Gasteiger partial charge on any atom is -0.488 e. The molecule has 0 aliphatic carbocycles. The molecule has 3 nitrogen and oxygen atoms in total.